The number of nitrogens with zero attached hydrogens (tertiary/aromatic N) is 3. The predicted octanol–water partition coefficient (Wildman–Crippen LogP) is 1.59. The van der Waals surface area contributed by atoms with Gasteiger partial charge < -0.3 is 5.11 Å². The van der Waals surface area contributed by atoms with E-state index in [9.17, 15) is 9.90 Å². The highest BCUT2D eigenvalue weighted by Gasteiger charge is 2.26. The zero-order valence-electron chi connectivity index (χ0n) is 9.13. The number of rotatable bonds is 2. The zero-order chi connectivity index (χ0) is 11.8. The van der Waals surface area contributed by atoms with E-state index in [2.05, 4.69) is 10.1 Å². The lowest BCUT2D eigenvalue weighted by Crippen LogP contribution is -2.02. The summed E-state index contributed by atoms with van der Waals surface area (Å²) in [6.45, 7) is 0.794. The van der Waals surface area contributed by atoms with E-state index >= 15 is 0 Å². The maximum atomic E-state index is 11.2. The minimum atomic E-state index is -0.993. The smallest absolute Gasteiger partial charge is 0.357 e. The van der Waals surface area contributed by atoms with E-state index in [1.165, 1.54) is 0 Å². The number of carboxylic acid groups (broad SMARTS) is 1. The molecule has 0 bridgehead atoms. The van der Waals surface area contributed by atoms with Crippen molar-refractivity contribution in [3.05, 3.63) is 35.8 Å². The van der Waals surface area contributed by atoms with E-state index in [-0.39, 0.29) is 5.69 Å². The molecule has 5 nitrogen and oxygen atoms in total. The summed E-state index contributed by atoms with van der Waals surface area (Å²) in [6.07, 6.45) is 3.55. The highest BCUT2D eigenvalue weighted by molar-refractivity contribution is 5.94. The van der Waals surface area contributed by atoms with E-state index < -0.39 is 5.97 Å². The minimum absolute atomic E-state index is 0.110. The van der Waals surface area contributed by atoms with Crippen LogP contribution in [-0.2, 0) is 13.0 Å². The van der Waals surface area contributed by atoms with Gasteiger partial charge in [-0.05, 0) is 25.0 Å². The molecule has 0 atom stereocenters. The average molecular weight is 229 g/mol. The first-order chi connectivity index (χ1) is 8.27. The number of hydrogen-bond donors (Lipinski definition) is 1. The third-order valence-electron chi connectivity index (χ3n) is 2.96. The fourth-order valence-electron chi connectivity index (χ4n) is 2.26. The van der Waals surface area contributed by atoms with E-state index in [0.717, 1.165) is 25.1 Å². The second kappa shape index (κ2) is 3.69. The summed E-state index contributed by atoms with van der Waals surface area (Å²) >= 11 is 0. The van der Waals surface area contributed by atoms with E-state index in [1.54, 1.807) is 10.9 Å². The lowest BCUT2D eigenvalue weighted by molar-refractivity contribution is 0.0690. The highest BCUT2D eigenvalue weighted by atomic mass is 16.4. The molecule has 0 spiro atoms. The summed E-state index contributed by atoms with van der Waals surface area (Å²) < 4.78 is 1.79. The van der Waals surface area contributed by atoms with Crippen molar-refractivity contribution >= 4 is 5.97 Å². The standard InChI is InChI=1S/C12H11N3O2/c16-12(17)11-10(8-4-1-2-6-13-8)9-5-3-7-15(9)14-11/h1-2,4,6H,3,5,7H2,(H,16,17). The number of carboxylic acids is 1. The molecular weight excluding hydrogens is 218 g/mol. The van der Waals surface area contributed by atoms with Crippen molar-refractivity contribution in [2.24, 2.45) is 0 Å². The number of aryl methyl sites for hydroxylation is 1. The van der Waals surface area contributed by atoms with Gasteiger partial charge in [0.2, 0.25) is 0 Å². The molecule has 86 valence electrons. The van der Waals surface area contributed by atoms with Crippen molar-refractivity contribution < 1.29 is 9.90 Å². The van der Waals surface area contributed by atoms with Gasteiger partial charge in [0, 0.05) is 18.4 Å². The van der Waals surface area contributed by atoms with Crippen LogP contribution in [0.25, 0.3) is 11.3 Å². The maximum absolute atomic E-state index is 11.2. The lowest BCUT2D eigenvalue weighted by Gasteiger charge is -2.00. The normalized spacial score (nSPS) is 13.6. The summed E-state index contributed by atoms with van der Waals surface area (Å²) in [5.74, 6) is -0.993. The van der Waals surface area contributed by atoms with Gasteiger partial charge in [-0.15, -0.1) is 0 Å². The Labute approximate surface area is 97.7 Å². The molecule has 0 radical (unpaired) electrons. The van der Waals surface area contributed by atoms with Gasteiger partial charge in [-0.2, -0.15) is 5.10 Å². The fourth-order valence-corrected chi connectivity index (χ4v) is 2.26. The van der Waals surface area contributed by atoms with E-state index in [4.69, 9.17) is 0 Å². The molecule has 0 amide bonds. The largest absolute Gasteiger partial charge is 0.476 e. The molecule has 2 aromatic heterocycles. The Balaban J connectivity index is 2.24. The summed E-state index contributed by atoms with van der Waals surface area (Å²) in [7, 11) is 0. The molecule has 0 unspecified atom stereocenters. The van der Waals surface area contributed by atoms with Crippen molar-refractivity contribution in [2.75, 3.05) is 0 Å². The monoisotopic (exact) mass is 229 g/mol. The van der Waals surface area contributed by atoms with Gasteiger partial charge in [0.15, 0.2) is 5.69 Å². The van der Waals surface area contributed by atoms with Crippen molar-refractivity contribution in [1.29, 1.82) is 0 Å². The molecule has 3 heterocycles. The molecular formula is C12H11N3O2. The number of aromatic carboxylic acids is 1. The Morgan fingerprint density at radius 3 is 3.00 bits per heavy atom. The summed E-state index contributed by atoms with van der Waals surface area (Å²) in [5, 5.41) is 13.3. The number of hydrogen-bond acceptors (Lipinski definition) is 3. The Bertz CT molecular complexity index is 575. The minimum Gasteiger partial charge on any atom is -0.476 e. The Hall–Kier alpha value is -2.17. The number of carbonyl (C=O) groups is 1. The van der Waals surface area contributed by atoms with Crippen molar-refractivity contribution in [2.45, 2.75) is 19.4 Å². The molecule has 0 saturated heterocycles. The lowest BCUT2D eigenvalue weighted by atomic mass is 10.1. The highest BCUT2D eigenvalue weighted by Crippen LogP contribution is 2.30. The Morgan fingerprint density at radius 1 is 1.41 bits per heavy atom. The molecule has 0 fully saturated rings. The first-order valence-electron chi connectivity index (χ1n) is 5.52. The Kier molecular flexibility index (Phi) is 2.18. The van der Waals surface area contributed by atoms with Crippen molar-refractivity contribution in [3.8, 4) is 11.3 Å². The van der Waals surface area contributed by atoms with Gasteiger partial charge in [0.25, 0.3) is 0 Å². The first kappa shape index (κ1) is 10.0. The van der Waals surface area contributed by atoms with Gasteiger partial charge in [-0.3, -0.25) is 9.67 Å². The molecule has 2 aromatic rings. The van der Waals surface area contributed by atoms with Crippen LogP contribution in [0.15, 0.2) is 24.4 Å². The number of fused-ring (bicyclic) bond motifs is 1. The molecule has 1 aliphatic heterocycles. The van der Waals surface area contributed by atoms with Crippen molar-refractivity contribution in [1.82, 2.24) is 14.8 Å². The third-order valence-corrected chi connectivity index (χ3v) is 2.96. The fraction of sp³-hybridized carbons (Fsp3) is 0.250. The quantitative estimate of drug-likeness (QED) is 0.849. The van der Waals surface area contributed by atoms with Crippen LogP contribution in [-0.4, -0.2) is 25.8 Å². The van der Waals surface area contributed by atoms with Crippen LogP contribution in [0.2, 0.25) is 0 Å². The molecule has 17 heavy (non-hydrogen) atoms. The molecule has 0 saturated carbocycles. The molecule has 5 heteroatoms. The first-order valence-corrected chi connectivity index (χ1v) is 5.52. The van der Waals surface area contributed by atoms with E-state index in [0.29, 0.717) is 11.3 Å². The summed E-state index contributed by atoms with van der Waals surface area (Å²) in [4.78, 5) is 15.4. The molecule has 0 aromatic carbocycles. The van der Waals surface area contributed by atoms with Crippen molar-refractivity contribution in [3.63, 3.8) is 0 Å². The topological polar surface area (TPSA) is 68.0 Å². The Morgan fingerprint density at radius 2 is 2.29 bits per heavy atom. The van der Waals surface area contributed by atoms with Gasteiger partial charge in [-0.1, -0.05) is 6.07 Å². The maximum Gasteiger partial charge on any atom is 0.357 e. The third kappa shape index (κ3) is 1.51. The molecule has 1 N–H and O–H groups in total. The van der Waals surface area contributed by atoms with Gasteiger partial charge >= 0.3 is 5.97 Å². The molecule has 1 aliphatic rings. The summed E-state index contributed by atoms with van der Waals surface area (Å²) in [6, 6.07) is 5.49. The van der Waals surface area contributed by atoms with Gasteiger partial charge in [0.1, 0.15) is 0 Å². The second-order valence-corrected chi connectivity index (χ2v) is 4.02. The van der Waals surface area contributed by atoms with Gasteiger partial charge in [-0.25, -0.2) is 4.79 Å². The molecule has 3 rings (SSSR count). The van der Waals surface area contributed by atoms with E-state index in [1.807, 2.05) is 18.2 Å². The van der Waals surface area contributed by atoms with Crippen LogP contribution >= 0.6 is 0 Å². The van der Waals surface area contributed by atoms with Crippen LogP contribution in [0.5, 0.6) is 0 Å². The van der Waals surface area contributed by atoms with Crippen LogP contribution < -0.4 is 0 Å². The van der Waals surface area contributed by atoms with Crippen LogP contribution in [0.4, 0.5) is 0 Å². The number of aromatic nitrogens is 3. The SMILES string of the molecule is O=C(O)c1nn2c(c1-c1ccccn1)CCC2. The zero-order valence-corrected chi connectivity index (χ0v) is 9.13. The number of pyridine rings is 1. The van der Waals surface area contributed by atoms with Crippen LogP contribution in [0.1, 0.15) is 22.6 Å². The van der Waals surface area contributed by atoms with Crippen LogP contribution in [0, 0.1) is 0 Å². The predicted molar refractivity (Wildman–Crippen MR) is 60.7 cm³/mol. The average Bonchev–Trinajstić information content (AvgIpc) is 2.89. The second-order valence-electron chi connectivity index (χ2n) is 4.02. The van der Waals surface area contributed by atoms with Gasteiger partial charge in [0.05, 0.1) is 11.3 Å². The van der Waals surface area contributed by atoms with Crippen LogP contribution in [0.3, 0.4) is 0 Å². The molecule has 0 aliphatic carbocycles. The summed E-state index contributed by atoms with van der Waals surface area (Å²) in [5.41, 5.74) is 2.46.